The Morgan fingerprint density at radius 3 is 2.53 bits per heavy atom. The van der Waals surface area contributed by atoms with Gasteiger partial charge in [0.05, 0.1) is 0 Å². The summed E-state index contributed by atoms with van der Waals surface area (Å²) in [5.41, 5.74) is 1.24. The molecule has 2 heteroatoms. The van der Waals surface area contributed by atoms with Crippen molar-refractivity contribution in [3.63, 3.8) is 0 Å². The summed E-state index contributed by atoms with van der Waals surface area (Å²) in [6.45, 7) is 7.70. The SMILES string of the molecule is CCCC(C)CC(NCC)c1ccccc1Cl. The zero-order valence-corrected chi connectivity index (χ0v) is 11.9. The van der Waals surface area contributed by atoms with Crippen LogP contribution in [0.5, 0.6) is 0 Å². The quantitative estimate of drug-likeness (QED) is 0.735. The first-order valence-electron chi connectivity index (χ1n) is 6.66. The van der Waals surface area contributed by atoms with E-state index >= 15 is 0 Å². The Morgan fingerprint density at radius 1 is 1.24 bits per heavy atom. The maximum absolute atomic E-state index is 6.28. The molecule has 0 aromatic heterocycles. The highest BCUT2D eigenvalue weighted by atomic mass is 35.5. The highest BCUT2D eigenvalue weighted by molar-refractivity contribution is 6.31. The zero-order valence-electron chi connectivity index (χ0n) is 11.2. The lowest BCUT2D eigenvalue weighted by Gasteiger charge is -2.23. The second-order valence-electron chi connectivity index (χ2n) is 4.76. The van der Waals surface area contributed by atoms with Crippen LogP contribution in [0, 0.1) is 5.92 Å². The van der Waals surface area contributed by atoms with Crippen molar-refractivity contribution in [2.45, 2.75) is 46.1 Å². The predicted octanol–water partition coefficient (Wildman–Crippen LogP) is 4.82. The van der Waals surface area contributed by atoms with Gasteiger partial charge in [-0.1, -0.05) is 63.4 Å². The van der Waals surface area contributed by atoms with Crippen molar-refractivity contribution in [3.05, 3.63) is 34.9 Å². The molecule has 0 aliphatic carbocycles. The maximum atomic E-state index is 6.28. The van der Waals surface area contributed by atoms with Gasteiger partial charge >= 0.3 is 0 Å². The minimum absolute atomic E-state index is 0.384. The van der Waals surface area contributed by atoms with Gasteiger partial charge in [0, 0.05) is 11.1 Å². The fourth-order valence-corrected chi connectivity index (χ4v) is 2.60. The van der Waals surface area contributed by atoms with E-state index in [9.17, 15) is 0 Å². The molecule has 0 aliphatic heterocycles. The molecule has 0 amide bonds. The molecule has 0 heterocycles. The van der Waals surface area contributed by atoms with Crippen molar-refractivity contribution in [1.82, 2.24) is 5.32 Å². The molecule has 1 nitrogen and oxygen atoms in total. The molecule has 2 atom stereocenters. The van der Waals surface area contributed by atoms with E-state index in [1.165, 1.54) is 18.4 Å². The number of benzene rings is 1. The lowest BCUT2D eigenvalue weighted by atomic mass is 9.93. The Kier molecular flexibility index (Phi) is 6.61. The van der Waals surface area contributed by atoms with E-state index in [-0.39, 0.29) is 0 Å². The number of halogens is 1. The summed E-state index contributed by atoms with van der Waals surface area (Å²) < 4.78 is 0. The van der Waals surface area contributed by atoms with Crippen LogP contribution in [0.3, 0.4) is 0 Å². The van der Waals surface area contributed by atoms with E-state index in [0.29, 0.717) is 6.04 Å². The smallest absolute Gasteiger partial charge is 0.0453 e. The molecule has 1 N–H and O–H groups in total. The molecule has 1 aromatic carbocycles. The van der Waals surface area contributed by atoms with Crippen LogP contribution in [-0.4, -0.2) is 6.54 Å². The molecule has 1 aromatic rings. The Labute approximate surface area is 111 Å². The zero-order chi connectivity index (χ0) is 12.7. The van der Waals surface area contributed by atoms with Gasteiger partial charge in [0.1, 0.15) is 0 Å². The van der Waals surface area contributed by atoms with E-state index in [1.807, 2.05) is 12.1 Å². The van der Waals surface area contributed by atoms with Crippen molar-refractivity contribution in [2.75, 3.05) is 6.54 Å². The third kappa shape index (κ3) is 4.69. The summed E-state index contributed by atoms with van der Waals surface area (Å²) in [5.74, 6) is 0.736. The number of hydrogen-bond acceptors (Lipinski definition) is 1. The van der Waals surface area contributed by atoms with E-state index in [2.05, 4.69) is 38.2 Å². The summed E-state index contributed by atoms with van der Waals surface area (Å²) in [6.07, 6.45) is 3.69. The van der Waals surface area contributed by atoms with Gasteiger partial charge in [-0.2, -0.15) is 0 Å². The molecule has 96 valence electrons. The highest BCUT2D eigenvalue weighted by Gasteiger charge is 2.16. The third-order valence-electron chi connectivity index (χ3n) is 3.15. The maximum Gasteiger partial charge on any atom is 0.0453 e. The van der Waals surface area contributed by atoms with Gasteiger partial charge in [0.2, 0.25) is 0 Å². The van der Waals surface area contributed by atoms with E-state index < -0.39 is 0 Å². The predicted molar refractivity (Wildman–Crippen MR) is 76.6 cm³/mol. The van der Waals surface area contributed by atoms with Gasteiger partial charge in [0.15, 0.2) is 0 Å². The molecular formula is C15H24ClN. The molecule has 0 radical (unpaired) electrons. The molecule has 17 heavy (non-hydrogen) atoms. The molecular weight excluding hydrogens is 230 g/mol. The molecule has 0 saturated heterocycles. The minimum Gasteiger partial charge on any atom is -0.310 e. The second kappa shape index (κ2) is 7.73. The number of nitrogens with one attached hydrogen (secondary N) is 1. The molecule has 2 unspecified atom stereocenters. The summed E-state index contributed by atoms with van der Waals surface area (Å²) >= 11 is 6.28. The van der Waals surface area contributed by atoms with Crippen molar-refractivity contribution in [2.24, 2.45) is 5.92 Å². The number of hydrogen-bond donors (Lipinski definition) is 1. The van der Waals surface area contributed by atoms with Gasteiger partial charge < -0.3 is 5.32 Å². The van der Waals surface area contributed by atoms with Crippen LogP contribution in [0.1, 0.15) is 51.6 Å². The Balaban J connectivity index is 2.75. The monoisotopic (exact) mass is 253 g/mol. The van der Waals surface area contributed by atoms with Crippen LogP contribution in [0.2, 0.25) is 5.02 Å². The molecule has 0 aliphatic rings. The topological polar surface area (TPSA) is 12.0 Å². The molecule has 0 fully saturated rings. The van der Waals surface area contributed by atoms with Gasteiger partial charge in [-0.25, -0.2) is 0 Å². The van der Waals surface area contributed by atoms with Crippen molar-refractivity contribution in [3.8, 4) is 0 Å². The Bertz CT molecular complexity index is 324. The third-order valence-corrected chi connectivity index (χ3v) is 3.49. The first-order valence-corrected chi connectivity index (χ1v) is 7.04. The van der Waals surface area contributed by atoms with Gasteiger partial charge in [0.25, 0.3) is 0 Å². The summed E-state index contributed by atoms with van der Waals surface area (Å²) in [6, 6.07) is 8.55. The van der Waals surface area contributed by atoms with E-state index in [1.54, 1.807) is 0 Å². The lowest BCUT2D eigenvalue weighted by Crippen LogP contribution is -2.23. The van der Waals surface area contributed by atoms with Crippen LogP contribution in [0.25, 0.3) is 0 Å². The summed E-state index contributed by atoms with van der Waals surface area (Å²) in [7, 11) is 0. The van der Waals surface area contributed by atoms with E-state index in [4.69, 9.17) is 11.6 Å². The number of rotatable bonds is 7. The van der Waals surface area contributed by atoms with Gasteiger partial charge in [-0.05, 0) is 30.5 Å². The van der Waals surface area contributed by atoms with Crippen LogP contribution >= 0.6 is 11.6 Å². The highest BCUT2D eigenvalue weighted by Crippen LogP contribution is 2.28. The molecule has 0 bridgehead atoms. The summed E-state index contributed by atoms with van der Waals surface area (Å²) in [4.78, 5) is 0. The summed E-state index contributed by atoms with van der Waals surface area (Å²) in [5, 5.41) is 4.42. The fraction of sp³-hybridized carbons (Fsp3) is 0.600. The van der Waals surface area contributed by atoms with Crippen molar-refractivity contribution in [1.29, 1.82) is 0 Å². The normalized spacial score (nSPS) is 14.6. The van der Waals surface area contributed by atoms with Gasteiger partial charge in [-0.3, -0.25) is 0 Å². The first-order chi connectivity index (χ1) is 8.19. The largest absolute Gasteiger partial charge is 0.310 e. The Hall–Kier alpha value is -0.530. The molecule has 1 rings (SSSR count). The van der Waals surface area contributed by atoms with Crippen molar-refractivity contribution < 1.29 is 0 Å². The fourth-order valence-electron chi connectivity index (χ4n) is 2.34. The van der Waals surface area contributed by atoms with Gasteiger partial charge in [-0.15, -0.1) is 0 Å². The van der Waals surface area contributed by atoms with Crippen LogP contribution < -0.4 is 5.32 Å². The van der Waals surface area contributed by atoms with Crippen LogP contribution in [0.4, 0.5) is 0 Å². The molecule has 0 saturated carbocycles. The molecule has 0 spiro atoms. The first kappa shape index (κ1) is 14.5. The van der Waals surface area contributed by atoms with Crippen LogP contribution in [-0.2, 0) is 0 Å². The van der Waals surface area contributed by atoms with E-state index in [0.717, 1.165) is 23.9 Å². The average molecular weight is 254 g/mol. The van der Waals surface area contributed by atoms with Crippen LogP contribution in [0.15, 0.2) is 24.3 Å². The second-order valence-corrected chi connectivity index (χ2v) is 5.17. The lowest BCUT2D eigenvalue weighted by molar-refractivity contribution is 0.395. The Morgan fingerprint density at radius 2 is 1.94 bits per heavy atom. The average Bonchev–Trinajstić information content (AvgIpc) is 2.29. The minimum atomic E-state index is 0.384. The standard InChI is InChI=1S/C15H24ClN/c1-4-8-12(3)11-15(17-5-2)13-9-6-7-10-14(13)16/h6-7,9-10,12,15,17H,4-5,8,11H2,1-3H3. The van der Waals surface area contributed by atoms with Crippen molar-refractivity contribution >= 4 is 11.6 Å².